The number of piperidine rings is 1. The monoisotopic (exact) mass is 395 g/mol. The molecular weight excluding hydrogens is 366 g/mol. The van der Waals surface area contributed by atoms with Crippen LogP contribution in [0.3, 0.4) is 0 Å². The van der Waals surface area contributed by atoms with Gasteiger partial charge in [0.25, 0.3) is 0 Å². The molecular formula is C22H29N5O2. The van der Waals surface area contributed by atoms with Crippen LogP contribution in [-0.2, 0) is 4.79 Å². The number of nitrogens with one attached hydrogen (secondary N) is 3. The van der Waals surface area contributed by atoms with E-state index in [2.05, 4.69) is 27.9 Å². The highest BCUT2D eigenvalue weighted by atomic mass is 16.2. The molecule has 2 aromatic carbocycles. The van der Waals surface area contributed by atoms with Crippen LogP contribution in [0.5, 0.6) is 0 Å². The van der Waals surface area contributed by atoms with Gasteiger partial charge in [-0.2, -0.15) is 0 Å². The lowest BCUT2D eigenvalue weighted by Crippen LogP contribution is -2.44. The number of nitrogens with two attached hydrogens (primary N) is 1. The van der Waals surface area contributed by atoms with Crippen molar-refractivity contribution in [3.8, 4) is 0 Å². The highest BCUT2D eigenvalue weighted by Gasteiger charge is 2.18. The Morgan fingerprint density at radius 3 is 2.21 bits per heavy atom. The van der Waals surface area contributed by atoms with Gasteiger partial charge in [0.15, 0.2) is 0 Å². The molecule has 0 saturated carbocycles. The molecule has 7 nitrogen and oxygen atoms in total. The smallest absolute Gasteiger partial charge is 0.319 e. The van der Waals surface area contributed by atoms with Gasteiger partial charge in [-0.25, -0.2) is 4.79 Å². The maximum Gasteiger partial charge on any atom is 0.319 e. The van der Waals surface area contributed by atoms with Crippen LogP contribution in [0.25, 0.3) is 0 Å². The number of carbonyl (C=O) groups is 2. The molecule has 154 valence electrons. The molecule has 1 saturated heterocycles. The number of rotatable bonds is 6. The molecule has 29 heavy (non-hydrogen) atoms. The van der Waals surface area contributed by atoms with Crippen LogP contribution in [-0.4, -0.2) is 43.0 Å². The summed E-state index contributed by atoms with van der Waals surface area (Å²) < 4.78 is 0. The van der Waals surface area contributed by atoms with Crippen molar-refractivity contribution in [1.29, 1.82) is 0 Å². The van der Waals surface area contributed by atoms with E-state index in [0.29, 0.717) is 11.4 Å². The maximum absolute atomic E-state index is 12.2. The minimum atomic E-state index is -0.347. The number of carbonyl (C=O) groups excluding carboxylic acids is 2. The van der Waals surface area contributed by atoms with E-state index in [4.69, 9.17) is 5.73 Å². The van der Waals surface area contributed by atoms with E-state index in [0.717, 1.165) is 31.5 Å². The van der Waals surface area contributed by atoms with E-state index in [1.807, 2.05) is 30.3 Å². The number of benzene rings is 2. The Bertz CT molecular complexity index is 802. The van der Waals surface area contributed by atoms with Crippen molar-refractivity contribution in [1.82, 2.24) is 10.2 Å². The maximum atomic E-state index is 12.2. The molecule has 5 N–H and O–H groups in total. The van der Waals surface area contributed by atoms with Gasteiger partial charge in [0.05, 0.1) is 0 Å². The first-order chi connectivity index (χ1) is 14.0. The van der Waals surface area contributed by atoms with E-state index in [9.17, 15) is 9.59 Å². The fourth-order valence-electron chi connectivity index (χ4n) is 3.37. The van der Waals surface area contributed by atoms with Gasteiger partial charge in [-0.15, -0.1) is 0 Å². The Labute approximate surface area is 171 Å². The normalized spacial score (nSPS) is 16.1. The van der Waals surface area contributed by atoms with E-state index in [-0.39, 0.29) is 30.4 Å². The Hall–Kier alpha value is -2.90. The van der Waals surface area contributed by atoms with Crippen molar-refractivity contribution in [2.75, 3.05) is 30.8 Å². The molecule has 1 aliphatic heterocycles. The summed E-state index contributed by atoms with van der Waals surface area (Å²) in [4.78, 5) is 26.7. The molecule has 1 fully saturated rings. The van der Waals surface area contributed by atoms with Crippen LogP contribution in [0, 0.1) is 0 Å². The Balaban J connectivity index is 1.44. The molecule has 0 radical (unpaired) electrons. The summed E-state index contributed by atoms with van der Waals surface area (Å²) in [5.74, 6) is -0.151. The molecule has 2 aromatic rings. The van der Waals surface area contributed by atoms with E-state index in [1.165, 1.54) is 0 Å². The lowest BCUT2D eigenvalue weighted by atomic mass is 10.0. The van der Waals surface area contributed by atoms with Gasteiger partial charge in [0.1, 0.15) is 0 Å². The summed E-state index contributed by atoms with van der Waals surface area (Å²) in [6, 6.07) is 16.3. The van der Waals surface area contributed by atoms with Crippen LogP contribution in [0.15, 0.2) is 54.6 Å². The second-order valence-corrected chi connectivity index (χ2v) is 7.52. The number of urea groups is 1. The Kier molecular flexibility index (Phi) is 7.21. The molecule has 7 heteroatoms. The van der Waals surface area contributed by atoms with Gasteiger partial charge in [-0.1, -0.05) is 30.3 Å². The molecule has 3 rings (SSSR count). The zero-order valence-electron chi connectivity index (χ0n) is 16.7. The first kappa shape index (κ1) is 20.8. The second kappa shape index (κ2) is 10.0. The molecule has 1 aliphatic rings. The van der Waals surface area contributed by atoms with Crippen LogP contribution in [0.2, 0.25) is 0 Å². The highest BCUT2D eigenvalue weighted by molar-refractivity contribution is 5.92. The van der Waals surface area contributed by atoms with Crippen molar-refractivity contribution in [2.45, 2.75) is 31.3 Å². The van der Waals surface area contributed by atoms with Gasteiger partial charge in [0.2, 0.25) is 5.91 Å². The standard InChI is InChI=1S/C22H29N5O2/c1-27-13-11-19(12-14-27)26-22(29)25-18-9-7-17(8-10-18)24-21(28)15-20(23)16-5-3-2-4-6-16/h2-10,19-20H,11-15,23H2,1H3,(H,24,28)(H2,25,26,29). The topological polar surface area (TPSA) is 99.5 Å². The predicted molar refractivity (Wildman–Crippen MR) is 116 cm³/mol. The molecule has 0 aliphatic carbocycles. The summed E-state index contributed by atoms with van der Waals surface area (Å²) >= 11 is 0. The summed E-state index contributed by atoms with van der Waals surface area (Å²) in [6.45, 7) is 1.99. The molecule has 1 atom stereocenters. The van der Waals surface area contributed by atoms with Gasteiger partial charge >= 0.3 is 6.03 Å². The van der Waals surface area contributed by atoms with Crippen molar-refractivity contribution in [3.63, 3.8) is 0 Å². The van der Waals surface area contributed by atoms with Gasteiger partial charge in [-0.05, 0) is 62.8 Å². The van der Waals surface area contributed by atoms with Crippen LogP contribution in [0.4, 0.5) is 16.2 Å². The molecule has 3 amide bonds. The zero-order chi connectivity index (χ0) is 20.6. The molecule has 0 spiro atoms. The zero-order valence-corrected chi connectivity index (χ0v) is 16.7. The van der Waals surface area contributed by atoms with Gasteiger partial charge in [0, 0.05) is 29.9 Å². The number of hydrogen-bond acceptors (Lipinski definition) is 4. The van der Waals surface area contributed by atoms with Crippen LogP contribution >= 0.6 is 0 Å². The minimum absolute atomic E-state index is 0.151. The summed E-state index contributed by atoms with van der Waals surface area (Å²) in [5, 5.41) is 8.69. The number of amides is 3. The average Bonchev–Trinajstić information content (AvgIpc) is 2.72. The SMILES string of the molecule is CN1CCC(NC(=O)Nc2ccc(NC(=O)CC(N)c3ccccc3)cc2)CC1. The highest BCUT2D eigenvalue weighted by Crippen LogP contribution is 2.17. The Morgan fingerprint density at radius 1 is 1.00 bits per heavy atom. The quantitative estimate of drug-likeness (QED) is 0.604. The second-order valence-electron chi connectivity index (χ2n) is 7.52. The van der Waals surface area contributed by atoms with E-state index < -0.39 is 0 Å². The van der Waals surface area contributed by atoms with Gasteiger partial charge < -0.3 is 26.6 Å². The third kappa shape index (κ3) is 6.58. The Morgan fingerprint density at radius 2 is 1.59 bits per heavy atom. The molecule has 0 aromatic heterocycles. The summed E-state index contributed by atoms with van der Waals surface area (Å²) in [5.41, 5.74) is 8.36. The van der Waals surface area contributed by atoms with Crippen LogP contribution in [0.1, 0.15) is 30.9 Å². The third-order valence-corrected chi connectivity index (χ3v) is 5.11. The van der Waals surface area contributed by atoms with Crippen molar-refractivity contribution in [2.24, 2.45) is 5.73 Å². The third-order valence-electron chi connectivity index (χ3n) is 5.11. The molecule has 1 unspecified atom stereocenters. The van der Waals surface area contributed by atoms with Crippen molar-refractivity contribution in [3.05, 3.63) is 60.2 Å². The largest absolute Gasteiger partial charge is 0.335 e. The van der Waals surface area contributed by atoms with E-state index >= 15 is 0 Å². The molecule has 0 bridgehead atoms. The van der Waals surface area contributed by atoms with E-state index in [1.54, 1.807) is 24.3 Å². The fraction of sp³-hybridized carbons (Fsp3) is 0.364. The molecule has 1 heterocycles. The number of hydrogen-bond donors (Lipinski definition) is 4. The lowest BCUT2D eigenvalue weighted by molar-refractivity contribution is -0.116. The first-order valence-electron chi connectivity index (χ1n) is 9.96. The average molecular weight is 396 g/mol. The summed E-state index contributed by atoms with van der Waals surface area (Å²) in [6.07, 6.45) is 2.11. The number of likely N-dealkylation sites (tertiary alicyclic amines) is 1. The lowest BCUT2D eigenvalue weighted by Gasteiger charge is -2.29. The van der Waals surface area contributed by atoms with Crippen LogP contribution < -0.4 is 21.7 Å². The first-order valence-corrected chi connectivity index (χ1v) is 9.96. The number of anilines is 2. The van der Waals surface area contributed by atoms with Gasteiger partial charge in [-0.3, -0.25) is 4.79 Å². The van der Waals surface area contributed by atoms with Crippen molar-refractivity contribution >= 4 is 23.3 Å². The predicted octanol–water partition coefficient (Wildman–Crippen LogP) is 2.93. The minimum Gasteiger partial charge on any atom is -0.335 e. The van der Waals surface area contributed by atoms with Crippen molar-refractivity contribution < 1.29 is 9.59 Å². The number of nitrogens with zero attached hydrogens (tertiary/aromatic N) is 1. The summed E-state index contributed by atoms with van der Waals surface area (Å²) in [7, 11) is 2.09. The fourth-order valence-corrected chi connectivity index (χ4v) is 3.37.